The van der Waals surface area contributed by atoms with E-state index in [0.717, 1.165) is 45.1 Å². The van der Waals surface area contributed by atoms with Crippen molar-refractivity contribution in [3.05, 3.63) is 179 Å². The van der Waals surface area contributed by atoms with Gasteiger partial charge in [0.05, 0.1) is 63.3 Å². The first-order valence-electron chi connectivity index (χ1n) is 18.1. The van der Waals surface area contributed by atoms with E-state index in [4.69, 9.17) is 18.9 Å². The molecule has 8 nitrogen and oxygen atoms in total. The molecule has 0 radical (unpaired) electrons. The summed E-state index contributed by atoms with van der Waals surface area (Å²) in [5, 5.41) is 4.86. The molecular weight excluding hydrogens is 673 g/mol. The number of nitrogens with zero attached hydrogens (tertiary/aromatic N) is 4. The Balaban J connectivity index is 0.728. The molecule has 7 aromatic rings. The van der Waals surface area contributed by atoms with E-state index in [1.807, 2.05) is 48.5 Å². The molecule has 0 aliphatic heterocycles. The van der Waals surface area contributed by atoms with E-state index in [1.165, 1.54) is 21.5 Å². The summed E-state index contributed by atoms with van der Waals surface area (Å²) in [5.41, 5.74) is 6.00. The van der Waals surface area contributed by atoms with Gasteiger partial charge in [-0.3, -0.25) is 20.0 Å². The van der Waals surface area contributed by atoms with E-state index < -0.39 is 0 Å². The third-order valence-corrected chi connectivity index (χ3v) is 8.69. The summed E-state index contributed by atoms with van der Waals surface area (Å²) >= 11 is 0. The second-order valence-electron chi connectivity index (χ2n) is 12.8. The minimum absolute atomic E-state index is 0.491. The number of ether oxygens (including phenoxy) is 4. The lowest BCUT2D eigenvalue weighted by molar-refractivity contribution is 0.126. The predicted octanol–water partition coefficient (Wildman–Crippen LogP) is 9.21. The minimum Gasteiger partial charge on any atom is -0.487 e. The van der Waals surface area contributed by atoms with Crippen molar-refractivity contribution in [3.63, 3.8) is 0 Å². The largest absolute Gasteiger partial charge is 0.487 e. The molecule has 0 unspecified atom stereocenters. The molecule has 0 amide bonds. The molecule has 270 valence electrons. The standard InChI is InChI=1S/C46H42N4O4/c1-3-7-41-25-37(13-15-39(41)5-1)33-53-45-19-17-43(49-29-45)27-47-21-23-51-31-35-9-11-36(12-10-35)32-52-24-22-48-28-44-18-20-46(30-50-44)54-34-38-14-16-40-6-2-4-8-42(40)26-38/h1-20,25-30H,21-24,31-34H2. The maximum Gasteiger partial charge on any atom is 0.138 e. The van der Waals surface area contributed by atoms with Crippen LogP contribution in [0.4, 0.5) is 0 Å². The van der Waals surface area contributed by atoms with Crippen LogP contribution in [0.25, 0.3) is 21.5 Å². The zero-order valence-corrected chi connectivity index (χ0v) is 30.1. The van der Waals surface area contributed by atoms with Crippen molar-refractivity contribution in [1.82, 2.24) is 9.97 Å². The molecule has 2 aromatic heterocycles. The zero-order chi connectivity index (χ0) is 36.6. The van der Waals surface area contributed by atoms with E-state index in [2.05, 4.69) is 105 Å². The predicted molar refractivity (Wildman–Crippen MR) is 216 cm³/mol. The number of pyridine rings is 2. The molecule has 54 heavy (non-hydrogen) atoms. The third kappa shape index (κ3) is 10.9. The number of benzene rings is 5. The minimum atomic E-state index is 0.491. The fourth-order valence-corrected chi connectivity index (χ4v) is 5.76. The number of fused-ring (bicyclic) bond motifs is 2. The highest BCUT2D eigenvalue weighted by Crippen LogP contribution is 2.19. The monoisotopic (exact) mass is 714 g/mol. The highest BCUT2D eigenvalue weighted by atomic mass is 16.5. The van der Waals surface area contributed by atoms with Gasteiger partial charge in [-0.05, 0) is 80.2 Å². The number of aromatic nitrogens is 2. The Hall–Kier alpha value is -6.22. The van der Waals surface area contributed by atoms with E-state index in [0.29, 0.717) is 52.7 Å². The highest BCUT2D eigenvalue weighted by Gasteiger charge is 2.02. The van der Waals surface area contributed by atoms with Gasteiger partial charge >= 0.3 is 0 Å². The smallest absolute Gasteiger partial charge is 0.138 e. The first-order chi connectivity index (χ1) is 26.7. The summed E-state index contributed by atoms with van der Waals surface area (Å²) in [5.74, 6) is 1.45. The van der Waals surface area contributed by atoms with Crippen LogP contribution in [0.1, 0.15) is 33.6 Å². The molecule has 0 fully saturated rings. The Morgan fingerprint density at radius 2 is 0.852 bits per heavy atom. The normalized spacial score (nSPS) is 11.6. The van der Waals surface area contributed by atoms with Crippen molar-refractivity contribution in [3.8, 4) is 11.5 Å². The summed E-state index contributed by atoms with van der Waals surface area (Å²) in [6, 6.07) is 45.3. The molecule has 0 atom stereocenters. The SMILES string of the molecule is C(=NCCOCc1ccc(COCCN=Cc2ccc(OCc3ccc4ccccc4c3)cn2)cc1)c1ccc(OCc2ccc3ccccc3c2)cn1. The first kappa shape index (κ1) is 36.2. The van der Waals surface area contributed by atoms with Crippen molar-refractivity contribution in [1.29, 1.82) is 0 Å². The van der Waals surface area contributed by atoms with Gasteiger partial charge in [0.15, 0.2) is 0 Å². The fourth-order valence-electron chi connectivity index (χ4n) is 5.76. The molecule has 0 N–H and O–H groups in total. The lowest BCUT2D eigenvalue weighted by Gasteiger charge is -2.07. The summed E-state index contributed by atoms with van der Waals surface area (Å²) in [4.78, 5) is 17.8. The Morgan fingerprint density at radius 3 is 1.28 bits per heavy atom. The van der Waals surface area contributed by atoms with E-state index in [-0.39, 0.29) is 0 Å². The molecule has 7 rings (SSSR count). The van der Waals surface area contributed by atoms with Crippen molar-refractivity contribution >= 4 is 34.0 Å². The molecule has 0 spiro atoms. The topological polar surface area (TPSA) is 87.4 Å². The van der Waals surface area contributed by atoms with Crippen LogP contribution in [-0.4, -0.2) is 48.7 Å². The zero-order valence-electron chi connectivity index (χ0n) is 30.1. The molecule has 0 aliphatic rings. The van der Waals surface area contributed by atoms with Gasteiger partial charge in [-0.1, -0.05) is 97.1 Å². The van der Waals surface area contributed by atoms with Gasteiger partial charge in [0.25, 0.3) is 0 Å². The Labute approximate surface area is 315 Å². The average molecular weight is 715 g/mol. The fraction of sp³-hybridized carbons (Fsp3) is 0.174. The number of aliphatic imine (C=N–C) groups is 2. The molecule has 0 bridgehead atoms. The lowest BCUT2D eigenvalue weighted by atomic mass is 10.1. The third-order valence-electron chi connectivity index (χ3n) is 8.69. The van der Waals surface area contributed by atoms with Crippen molar-refractivity contribution in [2.24, 2.45) is 9.98 Å². The number of rotatable bonds is 18. The number of hydrogen-bond acceptors (Lipinski definition) is 8. The van der Waals surface area contributed by atoms with E-state index >= 15 is 0 Å². The first-order valence-corrected chi connectivity index (χ1v) is 18.1. The molecular formula is C46H42N4O4. The Bertz CT molecular complexity index is 2130. The van der Waals surface area contributed by atoms with Crippen LogP contribution in [0.5, 0.6) is 11.5 Å². The summed E-state index contributed by atoms with van der Waals surface area (Å²) in [6.45, 7) is 4.19. The number of hydrogen-bond donors (Lipinski definition) is 0. The van der Waals surface area contributed by atoms with Gasteiger partial charge in [-0.25, -0.2) is 0 Å². The van der Waals surface area contributed by atoms with Gasteiger partial charge in [-0.15, -0.1) is 0 Å². The van der Waals surface area contributed by atoms with Crippen LogP contribution in [-0.2, 0) is 35.9 Å². The van der Waals surface area contributed by atoms with Gasteiger partial charge in [0, 0.05) is 12.4 Å². The molecule has 8 heteroatoms. The van der Waals surface area contributed by atoms with Gasteiger partial charge in [0.2, 0.25) is 0 Å². The molecule has 0 saturated carbocycles. The van der Waals surface area contributed by atoms with E-state index in [9.17, 15) is 0 Å². The van der Waals surface area contributed by atoms with E-state index in [1.54, 1.807) is 24.8 Å². The maximum absolute atomic E-state index is 5.93. The second-order valence-corrected chi connectivity index (χ2v) is 12.8. The maximum atomic E-state index is 5.93. The quantitative estimate of drug-likeness (QED) is 0.0651. The molecule has 0 saturated heterocycles. The van der Waals surface area contributed by atoms with Crippen LogP contribution >= 0.6 is 0 Å². The molecule has 0 aliphatic carbocycles. The van der Waals surface area contributed by atoms with Crippen LogP contribution < -0.4 is 9.47 Å². The van der Waals surface area contributed by atoms with Crippen LogP contribution in [0, 0.1) is 0 Å². The highest BCUT2D eigenvalue weighted by molar-refractivity contribution is 5.83. The Morgan fingerprint density at radius 1 is 0.426 bits per heavy atom. The second kappa shape index (κ2) is 19.0. The summed E-state index contributed by atoms with van der Waals surface area (Å²) in [7, 11) is 0. The van der Waals surface area contributed by atoms with Crippen LogP contribution in [0.2, 0.25) is 0 Å². The summed E-state index contributed by atoms with van der Waals surface area (Å²) in [6.07, 6.45) is 6.97. The van der Waals surface area contributed by atoms with Crippen molar-refractivity contribution in [2.75, 3.05) is 26.3 Å². The van der Waals surface area contributed by atoms with Crippen LogP contribution in [0.15, 0.2) is 156 Å². The molecule has 5 aromatic carbocycles. The summed E-state index contributed by atoms with van der Waals surface area (Å²) < 4.78 is 23.5. The van der Waals surface area contributed by atoms with Gasteiger partial charge in [-0.2, -0.15) is 0 Å². The average Bonchev–Trinajstić information content (AvgIpc) is 3.23. The van der Waals surface area contributed by atoms with Gasteiger partial charge < -0.3 is 18.9 Å². The van der Waals surface area contributed by atoms with Crippen LogP contribution in [0.3, 0.4) is 0 Å². The lowest BCUT2D eigenvalue weighted by Crippen LogP contribution is -2.01. The van der Waals surface area contributed by atoms with Gasteiger partial charge in [0.1, 0.15) is 24.7 Å². The molecule has 2 heterocycles. The Kier molecular flexibility index (Phi) is 12.7. The van der Waals surface area contributed by atoms with Crippen molar-refractivity contribution < 1.29 is 18.9 Å². The van der Waals surface area contributed by atoms with Crippen molar-refractivity contribution in [2.45, 2.75) is 26.4 Å².